The Hall–Kier alpha value is -1.60. The molecule has 110 valence electrons. The van der Waals surface area contributed by atoms with E-state index in [1.807, 2.05) is 6.92 Å². The molecule has 0 spiro atoms. The molecule has 0 aliphatic heterocycles. The van der Waals surface area contributed by atoms with Crippen LogP contribution >= 0.6 is 0 Å². The van der Waals surface area contributed by atoms with Crippen molar-refractivity contribution in [3.63, 3.8) is 0 Å². The first-order chi connectivity index (χ1) is 9.37. The fraction of sp³-hybridized carbons (Fsp3) is 0.462. The van der Waals surface area contributed by atoms with Crippen molar-refractivity contribution < 1.29 is 18.3 Å². The summed E-state index contributed by atoms with van der Waals surface area (Å²) >= 11 is 0. The first-order valence-corrected chi connectivity index (χ1v) is 7.96. The number of aromatic carboxylic acids is 1. The van der Waals surface area contributed by atoms with E-state index in [9.17, 15) is 13.2 Å². The average Bonchev–Trinajstić information content (AvgIpc) is 3.19. The minimum atomic E-state index is -3.66. The Bertz CT molecular complexity index is 623. The molecule has 1 aromatic carbocycles. The number of hydrogen-bond acceptors (Lipinski definition) is 4. The molecule has 0 heterocycles. The lowest BCUT2D eigenvalue weighted by Gasteiger charge is -2.22. The monoisotopic (exact) mass is 298 g/mol. The van der Waals surface area contributed by atoms with Crippen molar-refractivity contribution in [2.45, 2.75) is 37.1 Å². The molecule has 0 amide bonds. The SMILES string of the molecule is CCCN(C1CC1)S(=O)(=O)c1ccc(C(=O)O)cc1N. The van der Waals surface area contributed by atoms with Gasteiger partial charge in [-0.2, -0.15) is 4.31 Å². The maximum absolute atomic E-state index is 12.6. The molecule has 0 aromatic heterocycles. The minimum Gasteiger partial charge on any atom is -0.478 e. The number of nitrogen functional groups attached to an aromatic ring is 1. The number of carboxylic acids is 1. The normalized spacial score (nSPS) is 15.5. The summed E-state index contributed by atoms with van der Waals surface area (Å²) in [5.74, 6) is -1.13. The molecule has 6 nitrogen and oxygen atoms in total. The summed E-state index contributed by atoms with van der Waals surface area (Å²) in [5.41, 5.74) is 5.69. The average molecular weight is 298 g/mol. The Morgan fingerprint density at radius 2 is 2.10 bits per heavy atom. The fourth-order valence-electron chi connectivity index (χ4n) is 2.12. The molecule has 2 rings (SSSR count). The van der Waals surface area contributed by atoms with Crippen molar-refractivity contribution in [1.29, 1.82) is 0 Å². The summed E-state index contributed by atoms with van der Waals surface area (Å²) in [4.78, 5) is 10.8. The van der Waals surface area contributed by atoms with Gasteiger partial charge in [-0.05, 0) is 37.5 Å². The summed E-state index contributed by atoms with van der Waals surface area (Å²) in [6, 6.07) is 3.78. The topological polar surface area (TPSA) is 101 Å². The van der Waals surface area contributed by atoms with Crippen LogP contribution in [0.3, 0.4) is 0 Å². The van der Waals surface area contributed by atoms with Gasteiger partial charge < -0.3 is 10.8 Å². The van der Waals surface area contributed by atoms with Crippen molar-refractivity contribution in [3.8, 4) is 0 Å². The van der Waals surface area contributed by atoms with E-state index < -0.39 is 16.0 Å². The molecule has 0 bridgehead atoms. The van der Waals surface area contributed by atoms with Gasteiger partial charge in [-0.1, -0.05) is 6.92 Å². The number of rotatable bonds is 6. The van der Waals surface area contributed by atoms with E-state index in [0.717, 1.165) is 19.3 Å². The van der Waals surface area contributed by atoms with E-state index in [2.05, 4.69) is 0 Å². The van der Waals surface area contributed by atoms with Crippen LogP contribution in [0.4, 0.5) is 5.69 Å². The molecule has 7 heteroatoms. The molecule has 0 saturated heterocycles. The van der Waals surface area contributed by atoms with Gasteiger partial charge in [0.15, 0.2) is 0 Å². The lowest BCUT2D eigenvalue weighted by molar-refractivity contribution is 0.0697. The number of sulfonamides is 1. The van der Waals surface area contributed by atoms with Gasteiger partial charge in [0.2, 0.25) is 10.0 Å². The predicted molar refractivity (Wildman–Crippen MR) is 75.0 cm³/mol. The van der Waals surface area contributed by atoms with Gasteiger partial charge in [0.05, 0.1) is 11.3 Å². The highest BCUT2D eigenvalue weighted by Gasteiger charge is 2.38. The van der Waals surface area contributed by atoms with Crippen LogP contribution in [0.5, 0.6) is 0 Å². The highest BCUT2D eigenvalue weighted by Crippen LogP contribution is 2.34. The van der Waals surface area contributed by atoms with E-state index in [4.69, 9.17) is 10.8 Å². The van der Waals surface area contributed by atoms with Crippen LogP contribution in [-0.4, -0.2) is 36.4 Å². The Balaban J connectivity index is 2.40. The van der Waals surface area contributed by atoms with Gasteiger partial charge in [0.25, 0.3) is 0 Å². The molecule has 20 heavy (non-hydrogen) atoms. The number of carbonyl (C=O) groups is 1. The fourth-order valence-corrected chi connectivity index (χ4v) is 4.00. The third-order valence-corrected chi connectivity index (χ3v) is 5.27. The second kappa shape index (κ2) is 5.41. The quantitative estimate of drug-likeness (QED) is 0.776. The van der Waals surface area contributed by atoms with Crippen molar-refractivity contribution in [2.24, 2.45) is 0 Å². The molecule has 0 unspecified atom stereocenters. The zero-order valence-corrected chi connectivity index (χ0v) is 12.1. The van der Waals surface area contributed by atoms with Gasteiger partial charge >= 0.3 is 5.97 Å². The number of nitrogens with two attached hydrogens (primary N) is 1. The third kappa shape index (κ3) is 2.78. The van der Waals surface area contributed by atoms with Crippen LogP contribution in [0, 0.1) is 0 Å². The number of nitrogens with zero attached hydrogens (tertiary/aromatic N) is 1. The van der Waals surface area contributed by atoms with Crippen molar-refractivity contribution >= 4 is 21.7 Å². The van der Waals surface area contributed by atoms with Crippen molar-refractivity contribution in [1.82, 2.24) is 4.31 Å². The summed E-state index contributed by atoms with van der Waals surface area (Å²) < 4.78 is 26.7. The largest absolute Gasteiger partial charge is 0.478 e. The van der Waals surface area contributed by atoms with Gasteiger partial charge in [0, 0.05) is 12.6 Å². The van der Waals surface area contributed by atoms with Crippen molar-refractivity contribution in [2.75, 3.05) is 12.3 Å². The van der Waals surface area contributed by atoms with E-state index in [0.29, 0.717) is 6.54 Å². The Kier molecular flexibility index (Phi) is 4.01. The van der Waals surface area contributed by atoms with Crippen LogP contribution < -0.4 is 5.73 Å². The first-order valence-electron chi connectivity index (χ1n) is 6.52. The maximum Gasteiger partial charge on any atom is 0.335 e. The van der Waals surface area contributed by atoms with E-state index in [-0.39, 0.29) is 22.2 Å². The van der Waals surface area contributed by atoms with Crippen LogP contribution in [-0.2, 0) is 10.0 Å². The molecule has 1 saturated carbocycles. The molecule has 1 aliphatic rings. The molecular formula is C13H18N2O4S. The lowest BCUT2D eigenvalue weighted by atomic mass is 10.2. The summed E-state index contributed by atoms with van der Waals surface area (Å²) in [7, 11) is -3.66. The van der Waals surface area contributed by atoms with E-state index in [1.54, 1.807) is 0 Å². The van der Waals surface area contributed by atoms with Gasteiger partial charge in [-0.25, -0.2) is 13.2 Å². The molecule has 1 aromatic rings. The van der Waals surface area contributed by atoms with Crippen LogP contribution in [0.25, 0.3) is 0 Å². The summed E-state index contributed by atoms with van der Waals surface area (Å²) in [5, 5.41) is 8.88. The van der Waals surface area contributed by atoms with E-state index >= 15 is 0 Å². The Morgan fingerprint density at radius 3 is 2.55 bits per heavy atom. The zero-order valence-electron chi connectivity index (χ0n) is 11.2. The van der Waals surface area contributed by atoms with Gasteiger partial charge in [0.1, 0.15) is 4.90 Å². The van der Waals surface area contributed by atoms with Crippen LogP contribution in [0.15, 0.2) is 23.1 Å². The number of anilines is 1. The summed E-state index contributed by atoms with van der Waals surface area (Å²) in [6.45, 7) is 2.37. The third-order valence-electron chi connectivity index (χ3n) is 3.24. The van der Waals surface area contributed by atoms with Crippen molar-refractivity contribution in [3.05, 3.63) is 23.8 Å². The zero-order chi connectivity index (χ0) is 14.9. The molecule has 0 radical (unpaired) electrons. The second-order valence-corrected chi connectivity index (χ2v) is 6.76. The second-order valence-electron chi connectivity index (χ2n) is 4.90. The molecule has 1 aliphatic carbocycles. The van der Waals surface area contributed by atoms with Crippen LogP contribution in [0.1, 0.15) is 36.5 Å². The van der Waals surface area contributed by atoms with E-state index in [1.165, 1.54) is 22.5 Å². The highest BCUT2D eigenvalue weighted by atomic mass is 32.2. The lowest BCUT2D eigenvalue weighted by Crippen LogP contribution is -2.34. The first kappa shape index (κ1) is 14.8. The van der Waals surface area contributed by atoms with Gasteiger partial charge in [-0.15, -0.1) is 0 Å². The van der Waals surface area contributed by atoms with Crippen LogP contribution in [0.2, 0.25) is 0 Å². The van der Waals surface area contributed by atoms with Gasteiger partial charge in [-0.3, -0.25) is 0 Å². The highest BCUT2D eigenvalue weighted by molar-refractivity contribution is 7.89. The smallest absolute Gasteiger partial charge is 0.335 e. The number of benzene rings is 1. The predicted octanol–water partition coefficient (Wildman–Crippen LogP) is 1.53. The Morgan fingerprint density at radius 1 is 1.45 bits per heavy atom. The number of carboxylic acid groups (broad SMARTS) is 1. The number of hydrogen-bond donors (Lipinski definition) is 2. The Labute approximate surface area is 118 Å². The summed E-state index contributed by atoms with van der Waals surface area (Å²) in [6.07, 6.45) is 2.46. The minimum absolute atomic E-state index is 0.0112. The molecule has 1 fully saturated rings. The molecular weight excluding hydrogens is 280 g/mol. The molecule has 0 atom stereocenters. The standard InChI is InChI=1S/C13H18N2O4S/c1-2-7-15(10-4-5-10)20(18,19)12-6-3-9(13(16)17)8-11(12)14/h3,6,8,10H,2,4-5,7,14H2,1H3,(H,16,17). The molecule has 3 N–H and O–H groups in total. The maximum atomic E-state index is 12.6.